The summed E-state index contributed by atoms with van der Waals surface area (Å²) in [5.74, 6) is 0.872. The molecule has 0 radical (unpaired) electrons. The molecule has 0 spiro atoms. The Morgan fingerprint density at radius 1 is 1.20 bits per heavy atom. The van der Waals surface area contributed by atoms with Crippen LogP contribution in [0.4, 0.5) is 0 Å². The highest BCUT2D eigenvalue weighted by atomic mass is 14.8. The molecule has 0 saturated heterocycles. The Labute approximate surface area is 121 Å². The van der Waals surface area contributed by atoms with Crippen LogP contribution in [0.2, 0.25) is 0 Å². The highest BCUT2D eigenvalue weighted by Crippen LogP contribution is 2.39. The number of hydrogen-bond acceptors (Lipinski definition) is 2. The molecule has 1 fully saturated rings. The molecular formula is C18H24N2. The van der Waals surface area contributed by atoms with Gasteiger partial charge in [-0.05, 0) is 62.3 Å². The fraction of sp³-hybridized carbons (Fsp3) is 0.500. The number of benzene rings is 1. The van der Waals surface area contributed by atoms with Gasteiger partial charge in [0.2, 0.25) is 0 Å². The molecule has 0 amide bonds. The van der Waals surface area contributed by atoms with Gasteiger partial charge in [0.1, 0.15) is 0 Å². The fourth-order valence-electron chi connectivity index (χ4n) is 3.43. The van der Waals surface area contributed by atoms with Crippen molar-refractivity contribution in [2.75, 3.05) is 0 Å². The van der Waals surface area contributed by atoms with Crippen molar-refractivity contribution in [1.82, 2.24) is 4.98 Å². The minimum atomic E-state index is -0.134. The zero-order valence-corrected chi connectivity index (χ0v) is 12.5. The average Bonchev–Trinajstić information content (AvgIpc) is 2.47. The van der Waals surface area contributed by atoms with Crippen molar-refractivity contribution in [3.05, 3.63) is 41.6 Å². The second-order valence-electron chi connectivity index (χ2n) is 6.37. The molecule has 1 aliphatic carbocycles. The van der Waals surface area contributed by atoms with E-state index in [0.29, 0.717) is 0 Å². The Morgan fingerprint density at radius 2 is 1.95 bits per heavy atom. The first-order chi connectivity index (χ1) is 9.60. The first-order valence-electron chi connectivity index (χ1n) is 7.77. The van der Waals surface area contributed by atoms with Crippen LogP contribution in [0.15, 0.2) is 30.3 Å². The van der Waals surface area contributed by atoms with Gasteiger partial charge in [-0.1, -0.05) is 25.5 Å². The first-order valence-corrected chi connectivity index (χ1v) is 7.77. The van der Waals surface area contributed by atoms with E-state index in [1.807, 2.05) is 6.92 Å². The van der Waals surface area contributed by atoms with E-state index < -0.39 is 0 Å². The van der Waals surface area contributed by atoms with Gasteiger partial charge in [0.15, 0.2) is 0 Å². The molecule has 3 rings (SSSR count). The molecular weight excluding hydrogens is 244 g/mol. The third-order valence-electron chi connectivity index (χ3n) is 4.98. The van der Waals surface area contributed by atoms with E-state index >= 15 is 0 Å². The van der Waals surface area contributed by atoms with Gasteiger partial charge < -0.3 is 5.73 Å². The molecule has 0 bridgehead atoms. The van der Waals surface area contributed by atoms with E-state index in [4.69, 9.17) is 5.73 Å². The molecule has 0 atom stereocenters. The summed E-state index contributed by atoms with van der Waals surface area (Å²) in [7, 11) is 0. The Bertz CT molecular complexity index is 610. The maximum Gasteiger partial charge on any atom is 0.0705 e. The predicted molar refractivity (Wildman–Crippen MR) is 84.6 cm³/mol. The van der Waals surface area contributed by atoms with Crippen LogP contribution in [0.1, 0.15) is 50.3 Å². The SMILES string of the molecule is CCC1CCC(N)(c2ccc3nc(C)ccc3c2)CC1. The summed E-state index contributed by atoms with van der Waals surface area (Å²) < 4.78 is 0. The normalized spacial score (nSPS) is 26.9. The largest absolute Gasteiger partial charge is 0.321 e. The summed E-state index contributed by atoms with van der Waals surface area (Å²) >= 11 is 0. The zero-order chi connectivity index (χ0) is 14.2. The first kappa shape index (κ1) is 13.6. The van der Waals surface area contributed by atoms with Gasteiger partial charge in [-0.3, -0.25) is 4.98 Å². The molecule has 1 aromatic heterocycles. The number of fused-ring (bicyclic) bond motifs is 1. The lowest BCUT2D eigenvalue weighted by Gasteiger charge is -2.37. The summed E-state index contributed by atoms with van der Waals surface area (Å²) in [6.07, 6.45) is 6.03. The lowest BCUT2D eigenvalue weighted by Crippen LogP contribution is -2.40. The van der Waals surface area contributed by atoms with E-state index in [0.717, 1.165) is 30.0 Å². The molecule has 0 unspecified atom stereocenters. The van der Waals surface area contributed by atoms with E-state index in [-0.39, 0.29) is 5.54 Å². The average molecular weight is 268 g/mol. The third-order valence-corrected chi connectivity index (χ3v) is 4.98. The molecule has 20 heavy (non-hydrogen) atoms. The van der Waals surface area contributed by atoms with Crippen LogP contribution >= 0.6 is 0 Å². The second-order valence-corrected chi connectivity index (χ2v) is 6.37. The molecule has 2 aromatic rings. The van der Waals surface area contributed by atoms with E-state index in [2.05, 4.69) is 42.2 Å². The van der Waals surface area contributed by atoms with Crippen LogP contribution in [-0.4, -0.2) is 4.98 Å². The van der Waals surface area contributed by atoms with Crippen LogP contribution < -0.4 is 5.73 Å². The van der Waals surface area contributed by atoms with Crippen LogP contribution in [0, 0.1) is 12.8 Å². The number of pyridine rings is 1. The van der Waals surface area contributed by atoms with Crippen molar-refractivity contribution in [3.63, 3.8) is 0 Å². The molecule has 106 valence electrons. The van der Waals surface area contributed by atoms with Crippen molar-refractivity contribution in [1.29, 1.82) is 0 Å². The van der Waals surface area contributed by atoms with E-state index in [9.17, 15) is 0 Å². The highest BCUT2D eigenvalue weighted by Gasteiger charge is 2.32. The summed E-state index contributed by atoms with van der Waals surface area (Å²) in [6, 6.07) is 10.8. The smallest absolute Gasteiger partial charge is 0.0705 e. The Morgan fingerprint density at radius 3 is 2.65 bits per heavy atom. The molecule has 1 saturated carbocycles. The van der Waals surface area contributed by atoms with Gasteiger partial charge in [-0.2, -0.15) is 0 Å². The van der Waals surface area contributed by atoms with Crippen molar-refractivity contribution in [3.8, 4) is 0 Å². The van der Waals surface area contributed by atoms with Crippen LogP contribution in [0.25, 0.3) is 10.9 Å². The summed E-state index contributed by atoms with van der Waals surface area (Å²) in [5.41, 5.74) is 9.98. The monoisotopic (exact) mass is 268 g/mol. The maximum atomic E-state index is 6.70. The third kappa shape index (κ3) is 2.45. The standard InChI is InChI=1S/C18H24N2/c1-3-14-8-10-18(19,11-9-14)16-6-7-17-15(12-16)5-4-13(2)20-17/h4-7,12,14H,3,8-11,19H2,1-2H3. The Kier molecular flexibility index (Phi) is 3.51. The lowest BCUT2D eigenvalue weighted by atomic mass is 9.72. The van der Waals surface area contributed by atoms with Crippen molar-refractivity contribution in [2.24, 2.45) is 11.7 Å². The topological polar surface area (TPSA) is 38.9 Å². The van der Waals surface area contributed by atoms with Crippen LogP contribution in [0.5, 0.6) is 0 Å². The number of rotatable bonds is 2. The van der Waals surface area contributed by atoms with Gasteiger partial charge >= 0.3 is 0 Å². The van der Waals surface area contributed by atoms with Crippen molar-refractivity contribution in [2.45, 2.75) is 51.5 Å². The molecule has 2 nitrogen and oxygen atoms in total. The number of nitrogens with zero attached hydrogens (tertiary/aromatic N) is 1. The molecule has 1 heterocycles. The number of aryl methyl sites for hydroxylation is 1. The van der Waals surface area contributed by atoms with Gasteiger partial charge in [0, 0.05) is 16.6 Å². The van der Waals surface area contributed by atoms with Crippen molar-refractivity contribution < 1.29 is 0 Å². The number of nitrogens with two attached hydrogens (primary N) is 1. The van der Waals surface area contributed by atoms with E-state index in [1.54, 1.807) is 0 Å². The lowest BCUT2D eigenvalue weighted by molar-refractivity contribution is 0.232. The zero-order valence-electron chi connectivity index (χ0n) is 12.5. The maximum absolute atomic E-state index is 6.70. The van der Waals surface area contributed by atoms with Gasteiger partial charge in [0.25, 0.3) is 0 Å². The van der Waals surface area contributed by atoms with E-state index in [1.165, 1.54) is 30.2 Å². The van der Waals surface area contributed by atoms with Gasteiger partial charge in [-0.25, -0.2) is 0 Å². The summed E-state index contributed by atoms with van der Waals surface area (Å²) in [4.78, 5) is 4.57. The highest BCUT2D eigenvalue weighted by molar-refractivity contribution is 5.79. The van der Waals surface area contributed by atoms with Gasteiger partial charge in [0.05, 0.1) is 5.52 Å². The fourth-order valence-corrected chi connectivity index (χ4v) is 3.43. The van der Waals surface area contributed by atoms with Gasteiger partial charge in [-0.15, -0.1) is 0 Å². The number of hydrogen-bond donors (Lipinski definition) is 1. The molecule has 1 aromatic carbocycles. The molecule has 0 aliphatic heterocycles. The quantitative estimate of drug-likeness (QED) is 0.882. The second kappa shape index (κ2) is 5.17. The Balaban J connectivity index is 1.92. The molecule has 1 aliphatic rings. The summed E-state index contributed by atoms with van der Waals surface area (Å²) in [5, 5.41) is 1.20. The Hall–Kier alpha value is -1.41. The number of aromatic nitrogens is 1. The predicted octanol–water partition coefficient (Wildman–Crippen LogP) is 4.30. The molecule has 2 N–H and O–H groups in total. The molecule has 2 heteroatoms. The van der Waals surface area contributed by atoms with Crippen molar-refractivity contribution >= 4 is 10.9 Å². The minimum Gasteiger partial charge on any atom is -0.321 e. The minimum absolute atomic E-state index is 0.134. The summed E-state index contributed by atoms with van der Waals surface area (Å²) in [6.45, 7) is 4.32. The van der Waals surface area contributed by atoms with Crippen LogP contribution in [-0.2, 0) is 5.54 Å². The van der Waals surface area contributed by atoms with Crippen LogP contribution in [0.3, 0.4) is 0 Å².